The number of carbonyl (C=O) groups excluding carboxylic acids is 4. The topological polar surface area (TPSA) is 135 Å². The number of thioether (sulfide) groups is 1. The number of halogens is 4. The molecule has 2 aliphatic heterocycles. The smallest absolute Gasteiger partial charge is 0.416 e. The lowest BCUT2D eigenvalue weighted by atomic mass is 9.68. The van der Waals surface area contributed by atoms with Gasteiger partial charge in [0, 0.05) is 32.3 Å². The molecule has 3 heterocycles. The van der Waals surface area contributed by atoms with Crippen molar-refractivity contribution in [3.05, 3.63) is 103 Å². The predicted octanol–water partition coefficient (Wildman–Crippen LogP) is 6.98. The summed E-state index contributed by atoms with van der Waals surface area (Å²) in [4.78, 5) is 70.8. The summed E-state index contributed by atoms with van der Waals surface area (Å²) in [5, 5.41) is 3.32. The van der Waals surface area contributed by atoms with Gasteiger partial charge in [0.05, 0.1) is 40.3 Å². The van der Waals surface area contributed by atoms with Gasteiger partial charge in [-0.05, 0) is 91.8 Å². The summed E-state index contributed by atoms with van der Waals surface area (Å²) < 4.78 is 50.8. The third-order valence-electron chi connectivity index (χ3n) is 10.5. The molecule has 7 atom stereocenters. The van der Waals surface area contributed by atoms with Crippen LogP contribution < -0.4 is 19.8 Å². The van der Waals surface area contributed by atoms with E-state index in [4.69, 9.17) is 21.1 Å². The summed E-state index contributed by atoms with van der Waals surface area (Å²) >= 11 is 9.09. The number of ether oxygens (including phenoxy) is 2. The van der Waals surface area contributed by atoms with E-state index in [1.807, 2.05) is 0 Å². The highest BCUT2D eigenvalue weighted by Crippen LogP contribution is 2.69. The maximum atomic E-state index is 14.2. The monoisotopic (exact) mass is 783 g/mol. The number of nitrogens with zero attached hydrogens (tertiary/aromatic N) is 1. The van der Waals surface area contributed by atoms with Gasteiger partial charge in [0.25, 0.3) is 5.91 Å². The highest BCUT2D eigenvalue weighted by atomic mass is 35.5. The largest absolute Gasteiger partial charge is 0.483 e. The number of hydrogen-bond acceptors (Lipinski definition) is 9. The minimum Gasteiger partial charge on any atom is -0.483 e. The van der Waals surface area contributed by atoms with E-state index in [9.17, 15) is 37.1 Å². The van der Waals surface area contributed by atoms with Gasteiger partial charge in [0.15, 0.2) is 6.61 Å². The Bertz CT molecular complexity index is 2230. The van der Waals surface area contributed by atoms with Crippen LogP contribution in [0.2, 0.25) is 5.02 Å². The van der Waals surface area contributed by atoms with Gasteiger partial charge >= 0.3 is 17.0 Å². The van der Waals surface area contributed by atoms with Crippen molar-refractivity contribution in [1.29, 1.82) is 0 Å². The van der Waals surface area contributed by atoms with Crippen LogP contribution in [0.1, 0.15) is 45.6 Å². The summed E-state index contributed by atoms with van der Waals surface area (Å²) in [6, 6.07) is 15.3. The minimum absolute atomic E-state index is 0.0464. The molecule has 2 N–H and O–H groups in total. The molecule has 0 radical (unpaired) electrons. The normalized spacial score (nSPS) is 25.5. The molecule has 3 fully saturated rings. The van der Waals surface area contributed by atoms with Crippen molar-refractivity contribution < 1.29 is 41.8 Å². The van der Waals surface area contributed by atoms with E-state index < -0.39 is 48.0 Å². The number of imide groups is 1. The fourth-order valence-electron chi connectivity index (χ4n) is 8.59. The molecule has 4 unspecified atom stereocenters. The number of anilines is 2. The molecule has 4 aliphatic rings. The van der Waals surface area contributed by atoms with E-state index in [1.165, 1.54) is 40.9 Å². The van der Waals surface area contributed by atoms with Crippen LogP contribution in [0.25, 0.3) is 0 Å². The molecule has 1 saturated heterocycles. The summed E-state index contributed by atoms with van der Waals surface area (Å²) in [6.07, 6.45) is -3.96. The van der Waals surface area contributed by atoms with Crippen LogP contribution in [0.4, 0.5) is 24.5 Å². The quantitative estimate of drug-likeness (QED) is 0.145. The van der Waals surface area contributed by atoms with Crippen LogP contribution in [-0.4, -0.2) is 47.1 Å². The Kier molecular flexibility index (Phi) is 8.93. The summed E-state index contributed by atoms with van der Waals surface area (Å²) in [5.74, 6) is -3.83. The molecule has 274 valence electrons. The highest BCUT2D eigenvalue weighted by Gasteiger charge is 2.70. The Hall–Kier alpha value is -4.60. The number of aromatic nitrogens is 1. The van der Waals surface area contributed by atoms with E-state index in [1.54, 1.807) is 37.3 Å². The number of aromatic amines is 1. The zero-order valence-corrected chi connectivity index (χ0v) is 30.0. The van der Waals surface area contributed by atoms with Crippen LogP contribution in [0, 0.1) is 29.6 Å². The molecule has 2 bridgehead atoms. The summed E-state index contributed by atoms with van der Waals surface area (Å²) in [7, 11) is 0. The van der Waals surface area contributed by atoms with Gasteiger partial charge in [-0.3, -0.25) is 24.1 Å². The fourth-order valence-corrected chi connectivity index (χ4v) is 11.6. The van der Waals surface area contributed by atoms with E-state index in [-0.39, 0.29) is 57.7 Å². The number of hydrogen-bond donors (Lipinski definition) is 2. The van der Waals surface area contributed by atoms with Gasteiger partial charge in [-0.15, -0.1) is 11.8 Å². The van der Waals surface area contributed by atoms with Crippen LogP contribution in [-0.2, 0) is 25.3 Å². The van der Waals surface area contributed by atoms with Gasteiger partial charge in [0.1, 0.15) is 5.75 Å². The van der Waals surface area contributed by atoms with Crippen molar-refractivity contribution >= 4 is 69.8 Å². The second-order valence-electron chi connectivity index (χ2n) is 13.3. The van der Waals surface area contributed by atoms with Crippen molar-refractivity contribution in [3.8, 4) is 5.75 Å². The highest BCUT2D eigenvalue weighted by molar-refractivity contribution is 8.00. The average molecular weight is 784 g/mol. The number of H-pyrrole nitrogens is 1. The van der Waals surface area contributed by atoms with E-state index in [0.717, 1.165) is 28.3 Å². The molecule has 3 aromatic carbocycles. The van der Waals surface area contributed by atoms with Crippen LogP contribution in [0.3, 0.4) is 0 Å². The number of rotatable bonds is 8. The van der Waals surface area contributed by atoms with E-state index in [2.05, 4.69) is 10.3 Å². The average Bonchev–Trinajstić information content (AvgIpc) is 3.86. The summed E-state index contributed by atoms with van der Waals surface area (Å²) in [6.45, 7) is 1.37. The van der Waals surface area contributed by atoms with Gasteiger partial charge in [-0.25, -0.2) is 4.79 Å². The number of amides is 3. The molecule has 2 saturated carbocycles. The standard InChI is InChI=1S/C37H29ClF3N3O7S2/c1-2-50-35(48)16-6-9-20(10-7-16)44-33(46)28-22-14-23(29(28)34(44)47)30-27(22)26(31-32(52-30)43-36(49)53-31)21-13-18(38)8-11-24(21)51-15-25(45)42-19-5-3-4-17(12-19)37(39,40)41/h3-13,22-23,26-30H,2,14-15H2,1H3,(H,42,45)(H,43,49)/t22-,23-,26-,27?,28?,29?,30?/m1/s1. The van der Waals surface area contributed by atoms with Crippen LogP contribution >= 0.6 is 34.7 Å². The maximum Gasteiger partial charge on any atom is 0.416 e. The number of esters is 1. The van der Waals surface area contributed by atoms with Crippen LogP contribution in [0.5, 0.6) is 5.75 Å². The molecule has 1 aromatic heterocycles. The van der Waals surface area contributed by atoms with E-state index in [0.29, 0.717) is 33.3 Å². The van der Waals surface area contributed by atoms with Crippen molar-refractivity contribution in [2.24, 2.45) is 29.6 Å². The first-order valence-corrected chi connectivity index (χ1v) is 18.9. The molecule has 4 aromatic rings. The van der Waals surface area contributed by atoms with Gasteiger partial charge in [-0.1, -0.05) is 29.0 Å². The SMILES string of the molecule is CCOC(=O)c1ccc(N2C(=O)C3C(C2=O)[C@@H]2C[C@H]3C3Sc4[nH]c(=O)sc4[C@H](c4cc(Cl)ccc4OCC(=O)Nc4cccc(C(F)(F)F)c4)C32)cc1. The number of fused-ring (bicyclic) bond motifs is 9. The van der Waals surface area contributed by atoms with Gasteiger partial charge in [-0.2, -0.15) is 13.2 Å². The Labute approximate surface area is 313 Å². The molecule has 3 amide bonds. The zero-order valence-electron chi connectivity index (χ0n) is 27.6. The second-order valence-corrected chi connectivity index (χ2v) is 16.0. The van der Waals surface area contributed by atoms with Crippen molar-refractivity contribution in [1.82, 2.24) is 4.98 Å². The molecule has 0 spiro atoms. The Morgan fingerprint density at radius 3 is 2.45 bits per heavy atom. The lowest BCUT2D eigenvalue weighted by Crippen LogP contribution is -2.42. The van der Waals surface area contributed by atoms with Crippen molar-refractivity contribution in [2.75, 3.05) is 23.4 Å². The van der Waals surface area contributed by atoms with Gasteiger partial charge in [0.2, 0.25) is 11.8 Å². The molecule has 53 heavy (non-hydrogen) atoms. The first kappa shape index (κ1) is 35.4. The van der Waals surface area contributed by atoms with Crippen molar-refractivity contribution in [2.45, 2.75) is 35.7 Å². The fraction of sp³-hybridized carbons (Fsp3) is 0.324. The third kappa shape index (κ3) is 6.11. The Balaban J connectivity index is 1.09. The number of benzene rings is 3. The molecule has 2 aliphatic carbocycles. The molecule has 16 heteroatoms. The molecule has 8 rings (SSSR count). The van der Waals surface area contributed by atoms with Crippen molar-refractivity contribution in [3.63, 3.8) is 0 Å². The van der Waals surface area contributed by atoms with Gasteiger partial charge < -0.3 is 19.8 Å². The Morgan fingerprint density at radius 1 is 1.00 bits per heavy atom. The molecular weight excluding hydrogens is 755 g/mol. The number of thiazole rings is 1. The number of nitrogens with one attached hydrogen (secondary N) is 2. The molecular formula is C37H29ClF3N3O7S2. The lowest BCUT2D eigenvalue weighted by Gasteiger charge is -2.43. The maximum absolute atomic E-state index is 14.2. The molecule has 10 nitrogen and oxygen atoms in total. The number of carbonyl (C=O) groups is 4. The minimum atomic E-state index is -4.58. The second kappa shape index (κ2) is 13.4. The lowest BCUT2D eigenvalue weighted by molar-refractivity contribution is -0.137. The zero-order chi connectivity index (χ0) is 37.3. The summed E-state index contributed by atoms with van der Waals surface area (Å²) in [5.41, 5.74) is 0.297. The first-order chi connectivity index (χ1) is 25.3. The van der Waals surface area contributed by atoms with Crippen LogP contribution in [0.15, 0.2) is 76.6 Å². The first-order valence-electron chi connectivity index (χ1n) is 16.8. The van der Waals surface area contributed by atoms with E-state index >= 15 is 0 Å². The number of alkyl halides is 3. The predicted molar refractivity (Wildman–Crippen MR) is 190 cm³/mol. The third-order valence-corrected chi connectivity index (χ3v) is 13.3. The Morgan fingerprint density at radius 2 is 1.74 bits per heavy atom.